The van der Waals surface area contributed by atoms with E-state index in [4.69, 9.17) is 0 Å². The summed E-state index contributed by atoms with van der Waals surface area (Å²) in [5.41, 5.74) is 1.27. The molecular weight excluding hydrogens is 329 g/mol. The van der Waals surface area contributed by atoms with Gasteiger partial charge >= 0.3 is 0 Å². The van der Waals surface area contributed by atoms with Gasteiger partial charge in [0.2, 0.25) is 0 Å². The van der Waals surface area contributed by atoms with Gasteiger partial charge in [0.05, 0.1) is 12.9 Å². The van der Waals surface area contributed by atoms with Gasteiger partial charge in [-0.25, -0.2) is 18.2 Å². The third kappa shape index (κ3) is 3.21. The molecular formula is C18H19F3N4. The lowest BCUT2D eigenvalue weighted by Crippen LogP contribution is -2.49. The Kier molecular flexibility index (Phi) is 4.35. The molecule has 0 radical (unpaired) electrons. The summed E-state index contributed by atoms with van der Waals surface area (Å²) >= 11 is 0. The first-order valence-corrected chi connectivity index (χ1v) is 8.43. The quantitative estimate of drug-likeness (QED) is 0.903. The summed E-state index contributed by atoms with van der Waals surface area (Å²) in [7, 11) is 0. The van der Waals surface area contributed by atoms with E-state index in [9.17, 15) is 13.2 Å². The fourth-order valence-electron chi connectivity index (χ4n) is 3.62. The summed E-state index contributed by atoms with van der Waals surface area (Å²) in [5, 5.41) is 3.33. The van der Waals surface area contributed by atoms with Crippen molar-refractivity contribution in [2.45, 2.75) is 25.4 Å². The molecule has 0 amide bonds. The van der Waals surface area contributed by atoms with E-state index in [0.29, 0.717) is 30.8 Å². The van der Waals surface area contributed by atoms with Gasteiger partial charge in [-0.2, -0.15) is 0 Å². The van der Waals surface area contributed by atoms with Crippen LogP contribution < -0.4 is 10.2 Å². The fourth-order valence-corrected chi connectivity index (χ4v) is 3.62. The third-order valence-electron chi connectivity index (χ3n) is 4.90. The second-order valence-electron chi connectivity index (χ2n) is 6.53. The molecule has 132 valence electrons. The Morgan fingerprint density at radius 2 is 1.84 bits per heavy atom. The number of hydrogen-bond acceptors (Lipinski definition) is 4. The normalized spacial score (nSPS) is 19.1. The summed E-state index contributed by atoms with van der Waals surface area (Å²) in [6.07, 6.45) is 3.17. The zero-order valence-corrected chi connectivity index (χ0v) is 13.7. The van der Waals surface area contributed by atoms with Crippen molar-refractivity contribution in [3.63, 3.8) is 0 Å². The Balaban J connectivity index is 1.72. The maximum absolute atomic E-state index is 13.7. The minimum atomic E-state index is -0.903. The lowest BCUT2D eigenvalue weighted by Gasteiger charge is -2.42. The first-order chi connectivity index (χ1) is 12.1. The number of rotatable bonds is 2. The van der Waals surface area contributed by atoms with Gasteiger partial charge < -0.3 is 10.2 Å². The van der Waals surface area contributed by atoms with Crippen LogP contribution in [0.25, 0.3) is 0 Å². The summed E-state index contributed by atoms with van der Waals surface area (Å²) < 4.78 is 40.7. The van der Waals surface area contributed by atoms with Crippen molar-refractivity contribution in [1.82, 2.24) is 15.2 Å². The number of fused-ring (bicyclic) bond motifs is 1. The van der Waals surface area contributed by atoms with Crippen LogP contribution in [0, 0.1) is 17.5 Å². The summed E-state index contributed by atoms with van der Waals surface area (Å²) in [4.78, 5) is 8.28. The van der Waals surface area contributed by atoms with Gasteiger partial charge in [-0.3, -0.25) is 4.90 Å². The van der Waals surface area contributed by atoms with Crippen LogP contribution in [0.2, 0.25) is 0 Å². The Labute approximate surface area is 144 Å². The minimum Gasteiger partial charge on any atom is -0.317 e. The molecule has 1 fully saturated rings. The van der Waals surface area contributed by atoms with Crippen molar-refractivity contribution in [3.8, 4) is 0 Å². The van der Waals surface area contributed by atoms with E-state index in [1.807, 2.05) is 4.90 Å². The number of aromatic nitrogens is 1. The van der Waals surface area contributed by atoms with Crippen molar-refractivity contribution in [1.29, 1.82) is 0 Å². The second kappa shape index (κ2) is 6.65. The van der Waals surface area contributed by atoms with Crippen LogP contribution in [0.5, 0.6) is 0 Å². The topological polar surface area (TPSA) is 31.4 Å². The van der Waals surface area contributed by atoms with Crippen LogP contribution in [0.15, 0.2) is 30.5 Å². The highest BCUT2D eigenvalue weighted by atomic mass is 19.2. The number of pyridine rings is 1. The predicted octanol–water partition coefficient (Wildman–Crippen LogP) is 3.16. The van der Waals surface area contributed by atoms with Crippen molar-refractivity contribution in [2.75, 3.05) is 24.7 Å². The molecule has 0 aliphatic carbocycles. The van der Waals surface area contributed by atoms with Crippen LogP contribution in [0.1, 0.15) is 18.4 Å². The summed E-state index contributed by atoms with van der Waals surface area (Å²) in [6, 6.07) is 5.64. The van der Waals surface area contributed by atoms with Crippen molar-refractivity contribution in [3.05, 3.63) is 53.5 Å². The lowest BCUT2D eigenvalue weighted by atomic mass is 10.0. The van der Waals surface area contributed by atoms with Crippen LogP contribution >= 0.6 is 0 Å². The van der Waals surface area contributed by atoms with E-state index in [1.165, 1.54) is 12.1 Å². The molecule has 4 nitrogen and oxygen atoms in total. The highest BCUT2D eigenvalue weighted by molar-refractivity contribution is 5.64. The molecule has 0 spiro atoms. The number of nitrogens with zero attached hydrogens (tertiary/aromatic N) is 3. The average molecular weight is 348 g/mol. The van der Waals surface area contributed by atoms with E-state index < -0.39 is 17.5 Å². The largest absolute Gasteiger partial charge is 0.317 e. The molecule has 0 bridgehead atoms. The van der Waals surface area contributed by atoms with E-state index in [2.05, 4.69) is 15.2 Å². The fraction of sp³-hybridized carbons (Fsp3) is 0.389. The smallest absolute Gasteiger partial charge is 0.160 e. The van der Waals surface area contributed by atoms with Gasteiger partial charge in [-0.15, -0.1) is 0 Å². The van der Waals surface area contributed by atoms with Gasteiger partial charge in [0.15, 0.2) is 11.6 Å². The summed E-state index contributed by atoms with van der Waals surface area (Å²) in [5.74, 6) is -1.59. The van der Waals surface area contributed by atoms with E-state index in [-0.39, 0.29) is 0 Å². The average Bonchev–Trinajstić information content (AvgIpc) is 2.63. The van der Waals surface area contributed by atoms with E-state index >= 15 is 0 Å². The molecule has 25 heavy (non-hydrogen) atoms. The summed E-state index contributed by atoms with van der Waals surface area (Å²) in [6.45, 7) is 3.01. The number of hydrogen-bond donors (Lipinski definition) is 1. The lowest BCUT2D eigenvalue weighted by molar-refractivity contribution is 0.150. The van der Waals surface area contributed by atoms with Crippen LogP contribution in [-0.4, -0.2) is 35.7 Å². The molecule has 7 heteroatoms. The first kappa shape index (κ1) is 16.4. The molecule has 1 N–H and O–H groups in total. The molecule has 2 aliphatic rings. The minimum absolute atomic E-state index is 0.366. The van der Waals surface area contributed by atoms with E-state index in [0.717, 1.165) is 49.8 Å². The maximum Gasteiger partial charge on any atom is 0.160 e. The highest BCUT2D eigenvalue weighted by Gasteiger charge is 2.30. The SMILES string of the molecule is Fc1cnc2c(c1)CN(C1CCNCC1)CN2c1ccc(F)c(F)c1. The first-order valence-electron chi connectivity index (χ1n) is 8.43. The van der Waals surface area contributed by atoms with Crippen LogP contribution in [0.3, 0.4) is 0 Å². The van der Waals surface area contributed by atoms with Crippen molar-refractivity contribution < 1.29 is 13.2 Å². The van der Waals surface area contributed by atoms with Crippen LogP contribution in [-0.2, 0) is 6.54 Å². The Morgan fingerprint density at radius 1 is 1.04 bits per heavy atom. The molecule has 0 atom stereocenters. The van der Waals surface area contributed by atoms with Crippen LogP contribution in [0.4, 0.5) is 24.7 Å². The van der Waals surface area contributed by atoms with E-state index in [1.54, 1.807) is 0 Å². The highest BCUT2D eigenvalue weighted by Crippen LogP contribution is 2.34. The second-order valence-corrected chi connectivity index (χ2v) is 6.53. The van der Waals surface area contributed by atoms with Crippen molar-refractivity contribution in [2.24, 2.45) is 0 Å². The zero-order chi connectivity index (χ0) is 17.4. The molecule has 1 aromatic heterocycles. The molecule has 1 aromatic carbocycles. The molecule has 3 heterocycles. The Morgan fingerprint density at radius 3 is 2.60 bits per heavy atom. The van der Waals surface area contributed by atoms with Crippen molar-refractivity contribution >= 4 is 11.5 Å². The third-order valence-corrected chi connectivity index (χ3v) is 4.90. The maximum atomic E-state index is 13.7. The molecule has 4 rings (SSSR count). The van der Waals surface area contributed by atoms with Gasteiger partial charge in [-0.1, -0.05) is 0 Å². The zero-order valence-electron chi connectivity index (χ0n) is 13.7. The van der Waals surface area contributed by atoms with Gasteiger partial charge in [0.25, 0.3) is 0 Å². The molecule has 0 unspecified atom stereocenters. The number of halogens is 3. The molecule has 0 saturated carbocycles. The van der Waals surface area contributed by atoms with Gasteiger partial charge in [-0.05, 0) is 44.1 Å². The number of anilines is 2. The predicted molar refractivity (Wildman–Crippen MR) is 89.0 cm³/mol. The molecule has 2 aliphatic heterocycles. The number of piperidine rings is 1. The van der Waals surface area contributed by atoms with Gasteiger partial charge in [0, 0.05) is 29.9 Å². The Hall–Kier alpha value is -2.12. The number of nitrogens with one attached hydrogen (secondary N) is 1. The number of benzene rings is 1. The molecule has 2 aromatic rings. The molecule has 1 saturated heterocycles. The Bertz CT molecular complexity index is 777. The monoisotopic (exact) mass is 348 g/mol. The standard InChI is InChI=1S/C18H19F3N4/c19-13-7-12-10-24(14-3-5-22-6-4-14)11-25(18(12)23-9-13)15-1-2-16(20)17(21)8-15/h1-2,7-9,14,22H,3-6,10-11H2. The van der Waals surface area contributed by atoms with Gasteiger partial charge in [0.1, 0.15) is 11.6 Å².